The van der Waals surface area contributed by atoms with Crippen LogP contribution in [0, 0.1) is 6.92 Å². The fraction of sp³-hybridized carbons (Fsp3) is 0.533. The molecular weight excluding hydrogens is 212 g/mol. The highest BCUT2D eigenvalue weighted by Gasteiger charge is 2.18. The summed E-state index contributed by atoms with van der Waals surface area (Å²) < 4.78 is 6.07. The Kier molecular flexibility index (Phi) is 4.18. The van der Waals surface area contributed by atoms with E-state index in [2.05, 4.69) is 13.0 Å². The van der Waals surface area contributed by atoms with E-state index in [1.165, 1.54) is 36.8 Å². The molecule has 1 aromatic carbocycles. The van der Waals surface area contributed by atoms with Gasteiger partial charge in [0.25, 0.3) is 0 Å². The number of ether oxygens (including phenoxy) is 1. The van der Waals surface area contributed by atoms with Crippen molar-refractivity contribution in [3.05, 3.63) is 29.3 Å². The highest BCUT2D eigenvalue weighted by atomic mass is 16.5. The minimum absolute atomic E-state index is 0.381. The van der Waals surface area contributed by atoms with Gasteiger partial charge < -0.3 is 9.53 Å². The zero-order chi connectivity index (χ0) is 12.1. The van der Waals surface area contributed by atoms with Crippen LogP contribution in [0.15, 0.2) is 18.2 Å². The SMILES string of the molecule is Cc1cccc(OC2CCCC2)c1CCC=O. The van der Waals surface area contributed by atoms with Crippen LogP contribution in [0.5, 0.6) is 5.75 Å². The third-order valence-corrected chi connectivity index (χ3v) is 3.48. The van der Waals surface area contributed by atoms with Crippen molar-refractivity contribution in [3.63, 3.8) is 0 Å². The summed E-state index contributed by atoms with van der Waals surface area (Å²) in [5, 5.41) is 0. The third-order valence-electron chi connectivity index (χ3n) is 3.48. The molecule has 92 valence electrons. The van der Waals surface area contributed by atoms with Crippen LogP contribution in [0.3, 0.4) is 0 Å². The largest absolute Gasteiger partial charge is 0.490 e. The Bertz CT molecular complexity index is 379. The van der Waals surface area contributed by atoms with E-state index < -0.39 is 0 Å². The highest BCUT2D eigenvalue weighted by molar-refractivity contribution is 5.51. The summed E-state index contributed by atoms with van der Waals surface area (Å²) >= 11 is 0. The molecule has 0 atom stereocenters. The molecule has 0 aliphatic heterocycles. The van der Waals surface area contributed by atoms with Crippen molar-refractivity contribution in [2.24, 2.45) is 0 Å². The molecule has 0 aromatic heterocycles. The Balaban J connectivity index is 2.13. The van der Waals surface area contributed by atoms with Crippen LogP contribution in [0.4, 0.5) is 0 Å². The molecule has 2 rings (SSSR count). The van der Waals surface area contributed by atoms with Crippen molar-refractivity contribution in [2.75, 3.05) is 0 Å². The van der Waals surface area contributed by atoms with Crippen molar-refractivity contribution in [1.29, 1.82) is 0 Å². The maximum atomic E-state index is 10.5. The predicted octanol–water partition coefficient (Wildman–Crippen LogP) is 3.45. The second-order valence-corrected chi connectivity index (χ2v) is 4.78. The van der Waals surface area contributed by atoms with Gasteiger partial charge in [-0.2, -0.15) is 0 Å². The Morgan fingerprint density at radius 2 is 2.12 bits per heavy atom. The fourth-order valence-corrected chi connectivity index (χ4v) is 2.50. The standard InChI is InChI=1S/C15H20O2/c1-12-6-4-10-15(14(12)9-5-11-16)17-13-7-2-3-8-13/h4,6,10-11,13H,2-3,5,7-9H2,1H3. The average molecular weight is 232 g/mol. The van der Waals surface area contributed by atoms with Gasteiger partial charge in [-0.05, 0) is 56.2 Å². The Hall–Kier alpha value is -1.31. The Morgan fingerprint density at radius 1 is 1.35 bits per heavy atom. The van der Waals surface area contributed by atoms with Gasteiger partial charge in [-0.3, -0.25) is 0 Å². The minimum Gasteiger partial charge on any atom is -0.490 e. The predicted molar refractivity (Wildman–Crippen MR) is 68.4 cm³/mol. The number of rotatable bonds is 5. The lowest BCUT2D eigenvalue weighted by atomic mass is 10.0. The van der Waals surface area contributed by atoms with Crippen molar-refractivity contribution in [3.8, 4) is 5.75 Å². The number of benzene rings is 1. The van der Waals surface area contributed by atoms with Crippen molar-refractivity contribution < 1.29 is 9.53 Å². The molecule has 2 nitrogen and oxygen atoms in total. The number of hydrogen-bond acceptors (Lipinski definition) is 2. The number of carbonyl (C=O) groups is 1. The maximum absolute atomic E-state index is 10.5. The molecule has 1 saturated carbocycles. The zero-order valence-corrected chi connectivity index (χ0v) is 10.4. The number of carbonyl (C=O) groups excluding carboxylic acids is 1. The summed E-state index contributed by atoms with van der Waals surface area (Å²) in [6.45, 7) is 2.08. The van der Waals surface area contributed by atoms with Crippen molar-refractivity contribution in [2.45, 2.75) is 51.6 Å². The molecule has 0 saturated heterocycles. The van der Waals surface area contributed by atoms with Crippen LogP contribution < -0.4 is 4.74 Å². The first kappa shape index (κ1) is 12.2. The summed E-state index contributed by atoms with van der Waals surface area (Å²) in [5.41, 5.74) is 2.42. The monoisotopic (exact) mass is 232 g/mol. The smallest absolute Gasteiger partial charge is 0.123 e. The van der Waals surface area contributed by atoms with E-state index in [-0.39, 0.29) is 0 Å². The van der Waals surface area contributed by atoms with Crippen molar-refractivity contribution in [1.82, 2.24) is 0 Å². The van der Waals surface area contributed by atoms with Gasteiger partial charge in [-0.15, -0.1) is 0 Å². The summed E-state index contributed by atoms with van der Waals surface area (Å²) in [5.74, 6) is 0.985. The lowest BCUT2D eigenvalue weighted by Gasteiger charge is -2.17. The molecule has 0 heterocycles. The van der Waals surface area contributed by atoms with Gasteiger partial charge in [0.05, 0.1) is 6.10 Å². The van der Waals surface area contributed by atoms with E-state index in [1.54, 1.807) is 0 Å². The number of aryl methyl sites for hydroxylation is 1. The number of aldehydes is 1. The van der Waals surface area contributed by atoms with Crippen LogP contribution in [-0.4, -0.2) is 12.4 Å². The third kappa shape index (κ3) is 3.09. The molecule has 1 aliphatic carbocycles. The van der Waals surface area contributed by atoms with Crippen LogP contribution in [-0.2, 0) is 11.2 Å². The van der Waals surface area contributed by atoms with Crippen LogP contribution >= 0.6 is 0 Å². The molecule has 1 aliphatic rings. The van der Waals surface area contributed by atoms with E-state index in [0.717, 1.165) is 18.5 Å². The van der Waals surface area contributed by atoms with Crippen LogP contribution in [0.1, 0.15) is 43.2 Å². The topological polar surface area (TPSA) is 26.3 Å². The first-order chi connectivity index (χ1) is 8.31. The zero-order valence-electron chi connectivity index (χ0n) is 10.4. The summed E-state index contributed by atoms with van der Waals surface area (Å²) in [4.78, 5) is 10.5. The van der Waals surface area contributed by atoms with Gasteiger partial charge in [0, 0.05) is 6.42 Å². The summed E-state index contributed by atoms with van der Waals surface area (Å²) in [6.07, 6.45) is 7.62. The highest BCUT2D eigenvalue weighted by Crippen LogP contribution is 2.29. The fourth-order valence-electron chi connectivity index (χ4n) is 2.50. The Morgan fingerprint density at radius 3 is 2.82 bits per heavy atom. The molecule has 0 N–H and O–H groups in total. The molecular formula is C15H20O2. The summed E-state index contributed by atoms with van der Waals surface area (Å²) in [6, 6.07) is 6.15. The second kappa shape index (κ2) is 5.85. The second-order valence-electron chi connectivity index (χ2n) is 4.78. The molecule has 0 spiro atoms. The lowest BCUT2D eigenvalue weighted by Crippen LogP contribution is -2.12. The first-order valence-electron chi connectivity index (χ1n) is 6.50. The Labute approximate surface area is 103 Å². The molecule has 1 aromatic rings. The first-order valence-corrected chi connectivity index (χ1v) is 6.50. The lowest BCUT2D eigenvalue weighted by molar-refractivity contribution is -0.107. The van der Waals surface area contributed by atoms with Crippen LogP contribution in [0.25, 0.3) is 0 Å². The van der Waals surface area contributed by atoms with E-state index in [1.807, 2.05) is 12.1 Å². The normalized spacial score (nSPS) is 16.1. The van der Waals surface area contributed by atoms with E-state index in [0.29, 0.717) is 12.5 Å². The molecule has 1 fully saturated rings. The minimum atomic E-state index is 0.381. The van der Waals surface area contributed by atoms with Crippen molar-refractivity contribution >= 4 is 6.29 Å². The van der Waals surface area contributed by atoms with Gasteiger partial charge in [-0.25, -0.2) is 0 Å². The average Bonchev–Trinajstić information content (AvgIpc) is 2.81. The molecule has 17 heavy (non-hydrogen) atoms. The van der Waals surface area contributed by atoms with E-state index >= 15 is 0 Å². The number of hydrogen-bond donors (Lipinski definition) is 0. The maximum Gasteiger partial charge on any atom is 0.123 e. The van der Waals surface area contributed by atoms with Crippen LogP contribution in [0.2, 0.25) is 0 Å². The molecule has 0 amide bonds. The van der Waals surface area contributed by atoms with Gasteiger partial charge in [0.2, 0.25) is 0 Å². The van der Waals surface area contributed by atoms with Gasteiger partial charge in [0.15, 0.2) is 0 Å². The van der Waals surface area contributed by atoms with E-state index in [9.17, 15) is 4.79 Å². The van der Waals surface area contributed by atoms with E-state index in [4.69, 9.17) is 4.74 Å². The molecule has 0 unspecified atom stereocenters. The van der Waals surface area contributed by atoms with Gasteiger partial charge >= 0.3 is 0 Å². The van der Waals surface area contributed by atoms with Gasteiger partial charge in [0.1, 0.15) is 12.0 Å². The summed E-state index contributed by atoms with van der Waals surface area (Å²) in [7, 11) is 0. The molecule has 0 bridgehead atoms. The van der Waals surface area contributed by atoms with Gasteiger partial charge in [-0.1, -0.05) is 12.1 Å². The molecule has 2 heteroatoms. The molecule has 0 radical (unpaired) electrons. The quantitative estimate of drug-likeness (QED) is 0.727.